The molecule has 6 rings (SSSR count). The van der Waals surface area contributed by atoms with E-state index >= 15 is 0 Å². The lowest BCUT2D eigenvalue weighted by Gasteiger charge is -2.63. The zero-order valence-corrected chi connectivity index (χ0v) is 16.3. The summed E-state index contributed by atoms with van der Waals surface area (Å²) >= 11 is 0. The number of carbonyl (C=O) groups excluding carboxylic acids is 3. The highest BCUT2D eigenvalue weighted by Crippen LogP contribution is 2.59. The molecule has 3 N–H and O–H groups in total. The molecule has 3 amide bonds. The number of carbonyl (C=O) groups is 3. The molecule has 4 bridgehead atoms. The van der Waals surface area contributed by atoms with Gasteiger partial charge in [-0.1, -0.05) is 30.3 Å². The van der Waals surface area contributed by atoms with Gasteiger partial charge in [-0.05, 0) is 67.8 Å². The molecule has 1 aliphatic heterocycles. The molecule has 0 aromatic heterocycles. The minimum Gasteiger partial charge on any atom is -0.291 e. The Kier molecular flexibility index (Phi) is 4.47. The third-order valence-corrected chi connectivity index (χ3v) is 7.71. The van der Waals surface area contributed by atoms with Crippen molar-refractivity contribution in [1.29, 1.82) is 0 Å². The van der Waals surface area contributed by atoms with Gasteiger partial charge in [-0.2, -0.15) is 0 Å². The molecule has 5 fully saturated rings. The average molecular weight is 397 g/mol. The van der Waals surface area contributed by atoms with Crippen molar-refractivity contribution >= 4 is 17.7 Å². The van der Waals surface area contributed by atoms with Crippen LogP contribution in [0.5, 0.6) is 0 Å². The predicted molar refractivity (Wildman–Crippen MR) is 103 cm³/mol. The van der Waals surface area contributed by atoms with E-state index in [2.05, 4.69) is 5.32 Å². The predicted octanol–water partition coefficient (Wildman–Crippen LogP) is 1.26. The molecular formula is C22H27N3O4. The van der Waals surface area contributed by atoms with E-state index in [9.17, 15) is 14.4 Å². The number of benzene rings is 1. The topological polar surface area (TPSA) is 98.7 Å². The fourth-order valence-electron chi connectivity index (χ4n) is 6.75. The Morgan fingerprint density at radius 1 is 1.07 bits per heavy atom. The molecule has 7 heteroatoms. The van der Waals surface area contributed by atoms with Crippen LogP contribution in [0.25, 0.3) is 0 Å². The van der Waals surface area contributed by atoms with Crippen molar-refractivity contribution < 1.29 is 19.6 Å². The van der Waals surface area contributed by atoms with Crippen molar-refractivity contribution in [2.75, 3.05) is 6.54 Å². The number of hydrogen-bond acceptors (Lipinski definition) is 5. The highest BCUT2D eigenvalue weighted by Gasteiger charge is 2.65. The maximum atomic E-state index is 13.7. The number of nitrogens with one attached hydrogen (secondary N) is 2. The van der Waals surface area contributed by atoms with Crippen LogP contribution in [-0.2, 0) is 20.8 Å². The number of rotatable bonds is 4. The Bertz CT molecular complexity index is 812. The third kappa shape index (κ3) is 2.90. The Morgan fingerprint density at radius 2 is 1.69 bits per heavy atom. The summed E-state index contributed by atoms with van der Waals surface area (Å²) in [6, 6.07) is 9.19. The average Bonchev–Trinajstić information content (AvgIpc) is 2.72. The van der Waals surface area contributed by atoms with E-state index < -0.39 is 24.0 Å². The molecule has 29 heavy (non-hydrogen) atoms. The van der Waals surface area contributed by atoms with Crippen LogP contribution in [0.1, 0.15) is 37.7 Å². The van der Waals surface area contributed by atoms with Gasteiger partial charge in [-0.25, -0.2) is 5.48 Å². The molecule has 1 saturated heterocycles. The van der Waals surface area contributed by atoms with Gasteiger partial charge in [0.05, 0.1) is 6.04 Å². The van der Waals surface area contributed by atoms with Crippen LogP contribution in [0.15, 0.2) is 30.3 Å². The molecule has 0 radical (unpaired) electrons. The first-order valence-corrected chi connectivity index (χ1v) is 10.6. The SMILES string of the molecule is O=C(CN1C(=O)[C@H](Cc2ccccc2)NC2(C1=O)C1CC3CC(C1)CC2C3)NO. The van der Waals surface area contributed by atoms with Gasteiger partial charge in [0, 0.05) is 0 Å². The Labute approximate surface area is 169 Å². The van der Waals surface area contributed by atoms with Crippen LogP contribution in [-0.4, -0.2) is 46.0 Å². The summed E-state index contributed by atoms with van der Waals surface area (Å²) in [6.45, 7) is -0.435. The normalized spacial score (nSPS) is 38.0. The van der Waals surface area contributed by atoms with Gasteiger partial charge in [-0.15, -0.1) is 0 Å². The fourth-order valence-corrected chi connectivity index (χ4v) is 6.75. The molecule has 1 heterocycles. The molecule has 7 nitrogen and oxygen atoms in total. The summed E-state index contributed by atoms with van der Waals surface area (Å²) in [6.07, 6.45) is 5.78. The molecule has 1 aromatic carbocycles. The van der Waals surface area contributed by atoms with Crippen molar-refractivity contribution in [2.24, 2.45) is 23.7 Å². The number of hydroxylamine groups is 1. The first-order valence-electron chi connectivity index (χ1n) is 10.6. The van der Waals surface area contributed by atoms with Crippen molar-refractivity contribution in [3.05, 3.63) is 35.9 Å². The summed E-state index contributed by atoms with van der Waals surface area (Å²) < 4.78 is 0. The molecule has 5 aliphatic rings. The smallest absolute Gasteiger partial charge is 0.263 e. The summed E-state index contributed by atoms with van der Waals surface area (Å²) in [5.41, 5.74) is 1.81. The minimum absolute atomic E-state index is 0.206. The lowest BCUT2D eigenvalue weighted by molar-refractivity contribution is -0.175. The first kappa shape index (κ1) is 18.8. The molecule has 1 spiro atoms. The van der Waals surface area contributed by atoms with Gasteiger partial charge in [0.1, 0.15) is 12.1 Å². The maximum Gasteiger partial charge on any atom is 0.263 e. The van der Waals surface area contributed by atoms with E-state index in [0.29, 0.717) is 18.3 Å². The zero-order chi connectivity index (χ0) is 20.2. The standard InChI is InChI=1S/C22H27N3O4/c26-19(24-29)12-25-20(27)18(11-13-4-2-1-3-5-13)23-22(21(25)28)16-7-14-6-15(9-16)10-17(22)8-14/h1-5,14-18,23,29H,6-12H2,(H,24,26)/t14?,15?,16?,17?,18-,22?/m0/s1. The van der Waals surface area contributed by atoms with E-state index in [1.807, 2.05) is 30.3 Å². The van der Waals surface area contributed by atoms with E-state index in [1.165, 1.54) is 6.42 Å². The summed E-state index contributed by atoms with van der Waals surface area (Å²) in [5.74, 6) is 0.362. The Hall–Kier alpha value is -2.25. The van der Waals surface area contributed by atoms with E-state index in [-0.39, 0.29) is 23.7 Å². The van der Waals surface area contributed by atoms with Crippen LogP contribution in [0.3, 0.4) is 0 Å². The largest absolute Gasteiger partial charge is 0.291 e. The van der Waals surface area contributed by atoms with Gasteiger partial charge >= 0.3 is 0 Å². The minimum atomic E-state index is -0.767. The zero-order valence-electron chi connectivity index (χ0n) is 16.3. The van der Waals surface area contributed by atoms with E-state index in [0.717, 1.165) is 36.1 Å². The van der Waals surface area contributed by atoms with Crippen molar-refractivity contribution in [3.8, 4) is 0 Å². The van der Waals surface area contributed by atoms with Gasteiger partial charge in [0.25, 0.3) is 11.8 Å². The first-order chi connectivity index (χ1) is 14.0. The molecule has 4 saturated carbocycles. The van der Waals surface area contributed by atoms with E-state index in [1.54, 1.807) is 5.48 Å². The van der Waals surface area contributed by atoms with E-state index in [4.69, 9.17) is 5.21 Å². The number of hydrogen-bond donors (Lipinski definition) is 3. The van der Waals surface area contributed by atoms with Crippen molar-refractivity contribution in [2.45, 2.75) is 50.1 Å². The molecule has 0 unspecified atom stereocenters. The summed E-state index contributed by atoms with van der Waals surface area (Å²) in [7, 11) is 0. The lowest BCUT2D eigenvalue weighted by atomic mass is 9.47. The van der Waals surface area contributed by atoms with Crippen LogP contribution in [0.4, 0.5) is 0 Å². The number of piperazine rings is 1. The number of imide groups is 1. The van der Waals surface area contributed by atoms with Crippen LogP contribution < -0.4 is 10.8 Å². The molecular weight excluding hydrogens is 370 g/mol. The highest BCUT2D eigenvalue weighted by molar-refractivity contribution is 6.07. The molecule has 1 aromatic rings. The summed E-state index contributed by atoms with van der Waals surface area (Å²) in [5, 5.41) is 12.5. The monoisotopic (exact) mass is 397 g/mol. The third-order valence-electron chi connectivity index (χ3n) is 7.71. The second-order valence-corrected chi connectivity index (χ2v) is 9.32. The number of nitrogens with zero attached hydrogens (tertiary/aromatic N) is 1. The molecule has 4 aliphatic carbocycles. The highest BCUT2D eigenvalue weighted by atomic mass is 16.5. The quantitative estimate of drug-likeness (QED) is 0.404. The number of amides is 3. The Morgan fingerprint density at radius 3 is 2.28 bits per heavy atom. The van der Waals surface area contributed by atoms with Gasteiger partial charge < -0.3 is 0 Å². The summed E-state index contributed by atoms with van der Waals surface area (Å²) in [4.78, 5) is 39.9. The van der Waals surface area contributed by atoms with Crippen LogP contribution in [0, 0.1) is 23.7 Å². The Balaban J connectivity index is 1.51. The second kappa shape index (κ2) is 6.92. The van der Waals surface area contributed by atoms with Gasteiger partial charge in [0.2, 0.25) is 5.91 Å². The fraction of sp³-hybridized carbons (Fsp3) is 0.591. The lowest BCUT2D eigenvalue weighted by Crippen LogP contribution is -2.79. The van der Waals surface area contributed by atoms with Crippen molar-refractivity contribution in [3.63, 3.8) is 0 Å². The molecule has 154 valence electrons. The second-order valence-electron chi connectivity index (χ2n) is 9.32. The van der Waals surface area contributed by atoms with Gasteiger partial charge in [0.15, 0.2) is 0 Å². The maximum absolute atomic E-state index is 13.7. The van der Waals surface area contributed by atoms with Gasteiger partial charge in [-0.3, -0.25) is 29.8 Å². The van der Waals surface area contributed by atoms with Crippen LogP contribution in [0.2, 0.25) is 0 Å². The van der Waals surface area contributed by atoms with Crippen molar-refractivity contribution in [1.82, 2.24) is 15.7 Å². The molecule has 1 atom stereocenters. The van der Waals surface area contributed by atoms with Crippen LogP contribution >= 0.6 is 0 Å².